The van der Waals surface area contributed by atoms with Crippen molar-refractivity contribution in [3.63, 3.8) is 0 Å². The lowest BCUT2D eigenvalue weighted by atomic mass is 9.98. The predicted molar refractivity (Wildman–Crippen MR) is 97.2 cm³/mol. The number of nitrogens with zero attached hydrogens (tertiary/aromatic N) is 2. The van der Waals surface area contributed by atoms with Gasteiger partial charge in [-0.15, -0.1) is 0 Å². The molecule has 1 atom stereocenters. The SMILES string of the molecule is CC(C)C1CN(Cc2ccccc2)CCN1Cc1ccccc1. The lowest BCUT2D eigenvalue weighted by molar-refractivity contribution is 0.0404. The highest BCUT2D eigenvalue weighted by molar-refractivity contribution is 5.16. The topological polar surface area (TPSA) is 6.48 Å². The van der Waals surface area contributed by atoms with E-state index in [0.29, 0.717) is 12.0 Å². The molecule has 23 heavy (non-hydrogen) atoms. The minimum absolute atomic E-state index is 0.632. The van der Waals surface area contributed by atoms with Crippen LogP contribution in [0.5, 0.6) is 0 Å². The first-order chi connectivity index (χ1) is 11.2. The minimum atomic E-state index is 0.632. The first kappa shape index (κ1) is 16.2. The van der Waals surface area contributed by atoms with Gasteiger partial charge >= 0.3 is 0 Å². The van der Waals surface area contributed by atoms with Crippen LogP contribution in [0.15, 0.2) is 60.7 Å². The Kier molecular flexibility index (Phi) is 5.47. The Morgan fingerprint density at radius 3 is 1.96 bits per heavy atom. The molecule has 2 heteroatoms. The monoisotopic (exact) mass is 308 g/mol. The number of hydrogen-bond acceptors (Lipinski definition) is 2. The molecule has 3 rings (SSSR count). The molecule has 1 fully saturated rings. The molecule has 2 nitrogen and oxygen atoms in total. The Morgan fingerprint density at radius 2 is 1.39 bits per heavy atom. The first-order valence-electron chi connectivity index (χ1n) is 8.76. The lowest BCUT2D eigenvalue weighted by Gasteiger charge is -2.43. The van der Waals surface area contributed by atoms with E-state index in [2.05, 4.69) is 84.3 Å². The second-order valence-electron chi connectivity index (χ2n) is 6.99. The summed E-state index contributed by atoms with van der Waals surface area (Å²) in [5.41, 5.74) is 2.85. The van der Waals surface area contributed by atoms with Crippen LogP contribution in [0.3, 0.4) is 0 Å². The Balaban J connectivity index is 1.64. The van der Waals surface area contributed by atoms with Crippen LogP contribution in [0.1, 0.15) is 25.0 Å². The fraction of sp³-hybridized carbons (Fsp3) is 0.429. The zero-order chi connectivity index (χ0) is 16.1. The first-order valence-corrected chi connectivity index (χ1v) is 8.76. The second kappa shape index (κ2) is 7.76. The average Bonchev–Trinajstić information content (AvgIpc) is 2.58. The highest BCUT2D eigenvalue weighted by Crippen LogP contribution is 2.21. The molecule has 122 valence electrons. The van der Waals surface area contributed by atoms with Crippen LogP contribution in [-0.4, -0.2) is 35.5 Å². The Labute approximate surface area is 140 Å². The molecule has 0 aliphatic carbocycles. The van der Waals surface area contributed by atoms with Gasteiger partial charge in [0.05, 0.1) is 0 Å². The van der Waals surface area contributed by atoms with Gasteiger partial charge in [0.25, 0.3) is 0 Å². The van der Waals surface area contributed by atoms with Crippen molar-refractivity contribution in [2.24, 2.45) is 5.92 Å². The van der Waals surface area contributed by atoms with Gasteiger partial charge in [0.15, 0.2) is 0 Å². The van der Waals surface area contributed by atoms with Crippen molar-refractivity contribution in [2.75, 3.05) is 19.6 Å². The van der Waals surface area contributed by atoms with Crippen molar-refractivity contribution in [1.82, 2.24) is 9.80 Å². The van der Waals surface area contributed by atoms with Gasteiger partial charge < -0.3 is 0 Å². The molecular weight excluding hydrogens is 280 g/mol. The van der Waals surface area contributed by atoms with Gasteiger partial charge in [0.2, 0.25) is 0 Å². The number of piperazine rings is 1. The summed E-state index contributed by atoms with van der Waals surface area (Å²) in [5, 5.41) is 0. The Hall–Kier alpha value is -1.64. The van der Waals surface area contributed by atoms with E-state index in [1.54, 1.807) is 0 Å². The summed E-state index contributed by atoms with van der Waals surface area (Å²) in [7, 11) is 0. The molecule has 0 bridgehead atoms. The summed E-state index contributed by atoms with van der Waals surface area (Å²) in [6.07, 6.45) is 0. The molecule has 0 amide bonds. The summed E-state index contributed by atoms with van der Waals surface area (Å²) < 4.78 is 0. The molecule has 1 unspecified atom stereocenters. The fourth-order valence-corrected chi connectivity index (χ4v) is 3.54. The third-order valence-corrected chi connectivity index (χ3v) is 4.86. The second-order valence-corrected chi connectivity index (χ2v) is 6.99. The van der Waals surface area contributed by atoms with E-state index in [1.165, 1.54) is 17.7 Å². The largest absolute Gasteiger partial charge is 0.296 e. The molecule has 2 aromatic carbocycles. The van der Waals surface area contributed by atoms with Crippen LogP contribution in [0.4, 0.5) is 0 Å². The molecule has 1 aliphatic rings. The molecule has 0 spiro atoms. The molecule has 2 aromatic rings. The van der Waals surface area contributed by atoms with E-state index in [1.807, 2.05) is 0 Å². The molecule has 1 aliphatic heterocycles. The highest BCUT2D eigenvalue weighted by Gasteiger charge is 2.29. The van der Waals surface area contributed by atoms with Crippen LogP contribution >= 0.6 is 0 Å². The van der Waals surface area contributed by atoms with Gasteiger partial charge in [-0.3, -0.25) is 9.80 Å². The smallest absolute Gasteiger partial charge is 0.0250 e. The third kappa shape index (κ3) is 4.43. The van der Waals surface area contributed by atoms with Crippen LogP contribution in [0.25, 0.3) is 0 Å². The minimum Gasteiger partial charge on any atom is -0.296 e. The highest BCUT2D eigenvalue weighted by atomic mass is 15.3. The zero-order valence-electron chi connectivity index (χ0n) is 14.4. The van der Waals surface area contributed by atoms with Gasteiger partial charge in [0.1, 0.15) is 0 Å². The van der Waals surface area contributed by atoms with Crippen molar-refractivity contribution in [3.05, 3.63) is 71.8 Å². The van der Waals surface area contributed by atoms with Gasteiger partial charge in [-0.05, 0) is 17.0 Å². The van der Waals surface area contributed by atoms with E-state index in [-0.39, 0.29) is 0 Å². The van der Waals surface area contributed by atoms with Gasteiger partial charge in [-0.2, -0.15) is 0 Å². The molecule has 0 N–H and O–H groups in total. The summed E-state index contributed by atoms with van der Waals surface area (Å²) >= 11 is 0. The van der Waals surface area contributed by atoms with Crippen molar-refractivity contribution in [2.45, 2.75) is 33.0 Å². The molecule has 1 saturated heterocycles. The van der Waals surface area contributed by atoms with Crippen LogP contribution in [-0.2, 0) is 13.1 Å². The standard InChI is InChI=1S/C21H28N2/c1-18(2)21-17-22(15-19-9-5-3-6-10-19)13-14-23(21)16-20-11-7-4-8-12-20/h3-12,18,21H,13-17H2,1-2H3. The van der Waals surface area contributed by atoms with Crippen molar-refractivity contribution < 1.29 is 0 Å². The molecule has 0 saturated carbocycles. The quantitative estimate of drug-likeness (QED) is 0.823. The van der Waals surface area contributed by atoms with E-state index in [4.69, 9.17) is 0 Å². The number of hydrogen-bond donors (Lipinski definition) is 0. The van der Waals surface area contributed by atoms with Crippen molar-refractivity contribution in [3.8, 4) is 0 Å². The molecule has 0 aromatic heterocycles. The Morgan fingerprint density at radius 1 is 0.826 bits per heavy atom. The fourth-order valence-electron chi connectivity index (χ4n) is 3.54. The molecule has 0 radical (unpaired) electrons. The number of benzene rings is 2. The zero-order valence-corrected chi connectivity index (χ0v) is 14.4. The van der Waals surface area contributed by atoms with Crippen molar-refractivity contribution >= 4 is 0 Å². The summed E-state index contributed by atoms with van der Waals surface area (Å²) in [6.45, 7) is 10.3. The lowest BCUT2D eigenvalue weighted by Crippen LogP contribution is -2.54. The van der Waals surface area contributed by atoms with E-state index in [0.717, 1.165) is 26.2 Å². The maximum Gasteiger partial charge on any atom is 0.0250 e. The van der Waals surface area contributed by atoms with Crippen LogP contribution in [0, 0.1) is 5.92 Å². The maximum absolute atomic E-state index is 2.67. The van der Waals surface area contributed by atoms with Gasteiger partial charge in [-0.25, -0.2) is 0 Å². The summed E-state index contributed by atoms with van der Waals surface area (Å²) in [4.78, 5) is 5.28. The Bertz CT molecular complexity index is 579. The van der Waals surface area contributed by atoms with Gasteiger partial charge in [0, 0.05) is 38.8 Å². The predicted octanol–water partition coefficient (Wildman–Crippen LogP) is 4.03. The van der Waals surface area contributed by atoms with Gasteiger partial charge in [-0.1, -0.05) is 74.5 Å². The third-order valence-electron chi connectivity index (χ3n) is 4.86. The normalized spacial score (nSPS) is 20.0. The maximum atomic E-state index is 2.67. The number of rotatable bonds is 5. The van der Waals surface area contributed by atoms with E-state index in [9.17, 15) is 0 Å². The van der Waals surface area contributed by atoms with E-state index >= 15 is 0 Å². The summed E-state index contributed by atoms with van der Waals surface area (Å²) in [5.74, 6) is 0.678. The van der Waals surface area contributed by atoms with Crippen LogP contribution < -0.4 is 0 Å². The molecular formula is C21H28N2. The summed E-state index contributed by atoms with van der Waals surface area (Å²) in [6, 6.07) is 22.4. The van der Waals surface area contributed by atoms with E-state index < -0.39 is 0 Å². The van der Waals surface area contributed by atoms with Crippen LogP contribution in [0.2, 0.25) is 0 Å². The average molecular weight is 308 g/mol. The van der Waals surface area contributed by atoms with Crippen molar-refractivity contribution in [1.29, 1.82) is 0 Å². The molecule has 1 heterocycles.